The third-order valence-electron chi connectivity index (χ3n) is 6.25. The highest BCUT2D eigenvalue weighted by molar-refractivity contribution is 5.43. The van der Waals surface area contributed by atoms with E-state index in [1.54, 1.807) is 0 Å². The molecule has 1 saturated heterocycles. The largest absolute Gasteiger partial charge is 0.490 e. The second-order valence-electron chi connectivity index (χ2n) is 8.91. The predicted octanol–water partition coefficient (Wildman–Crippen LogP) is 5.73. The number of likely N-dealkylation sites (tertiary alicyclic amines) is 1. The molecular formula is C29H36N2O2. The lowest BCUT2D eigenvalue weighted by Gasteiger charge is -2.32. The summed E-state index contributed by atoms with van der Waals surface area (Å²) >= 11 is 0. The Morgan fingerprint density at radius 2 is 1.55 bits per heavy atom. The topological polar surface area (TPSA) is 33.7 Å². The molecule has 0 atom stereocenters. The van der Waals surface area contributed by atoms with Crippen LogP contribution >= 0.6 is 0 Å². The van der Waals surface area contributed by atoms with Crippen LogP contribution in [0.2, 0.25) is 0 Å². The lowest BCUT2D eigenvalue weighted by atomic mass is 10.0. The molecule has 4 heteroatoms. The summed E-state index contributed by atoms with van der Waals surface area (Å²) in [6.07, 6.45) is 2.37. The number of aryl methyl sites for hydroxylation is 1. The van der Waals surface area contributed by atoms with Crippen LogP contribution < -0.4 is 14.8 Å². The molecule has 1 aliphatic heterocycles. The number of rotatable bonds is 10. The van der Waals surface area contributed by atoms with Crippen LogP contribution in [0.15, 0.2) is 72.8 Å². The van der Waals surface area contributed by atoms with Gasteiger partial charge in [0.25, 0.3) is 0 Å². The van der Waals surface area contributed by atoms with Crippen molar-refractivity contribution in [3.05, 3.63) is 95.1 Å². The molecule has 0 aliphatic carbocycles. The van der Waals surface area contributed by atoms with Crippen LogP contribution in [-0.2, 0) is 19.7 Å². The van der Waals surface area contributed by atoms with Gasteiger partial charge in [0.05, 0.1) is 6.61 Å². The number of ether oxygens (including phenoxy) is 2. The number of benzene rings is 3. The van der Waals surface area contributed by atoms with Crippen LogP contribution in [0.3, 0.4) is 0 Å². The van der Waals surface area contributed by atoms with Crippen molar-refractivity contribution in [2.75, 3.05) is 19.7 Å². The number of nitrogens with one attached hydrogen (secondary N) is 1. The van der Waals surface area contributed by atoms with Gasteiger partial charge in [-0.05, 0) is 68.6 Å². The van der Waals surface area contributed by atoms with Gasteiger partial charge in [-0.25, -0.2) is 0 Å². The van der Waals surface area contributed by atoms with Crippen molar-refractivity contribution in [1.29, 1.82) is 0 Å². The van der Waals surface area contributed by atoms with Gasteiger partial charge in [-0.2, -0.15) is 0 Å². The van der Waals surface area contributed by atoms with Gasteiger partial charge in [0.15, 0.2) is 11.5 Å². The van der Waals surface area contributed by atoms with Crippen molar-refractivity contribution < 1.29 is 9.47 Å². The van der Waals surface area contributed by atoms with E-state index in [0.29, 0.717) is 19.3 Å². The Hall–Kier alpha value is -2.82. The molecule has 0 bridgehead atoms. The van der Waals surface area contributed by atoms with Gasteiger partial charge < -0.3 is 14.8 Å². The average molecular weight is 445 g/mol. The maximum Gasteiger partial charge on any atom is 0.161 e. The smallest absolute Gasteiger partial charge is 0.161 e. The third kappa shape index (κ3) is 7.08. The minimum absolute atomic E-state index is 0.541. The van der Waals surface area contributed by atoms with E-state index in [1.165, 1.54) is 29.5 Å². The van der Waals surface area contributed by atoms with Crippen molar-refractivity contribution in [3.63, 3.8) is 0 Å². The first-order chi connectivity index (χ1) is 16.2. The fraction of sp³-hybridized carbons (Fsp3) is 0.379. The van der Waals surface area contributed by atoms with Crippen molar-refractivity contribution >= 4 is 0 Å². The van der Waals surface area contributed by atoms with Crippen molar-refractivity contribution in [3.8, 4) is 11.5 Å². The van der Waals surface area contributed by atoms with E-state index in [4.69, 9.17) is 9.47 Å². The molecule has 174 valence electrons. The average Bonchev–Trinajstić information content (AvgIpc) is 2.85. The van der Waals surface area contributed by atoms with E-state index >= 15 is 0 Å². The molecule has 0 amide bonds. The molecule has 4 rings (SSSR count). The highest BCUT2D eigenvalue weighted by atomic mass is 16.5. The summed E-state index contributed by atoms with van der Waals surface area (Å²) in [6, 6.07) is 26.1. The second-order valence-corrected chi connectivity index (χ2v) is 8.91. The van der Waals surface area contributed by atoms with Crippen molar-refractivity contribution in [2.45, 2.75) is 52.4 Å². The molecule has 4 nitrogen and oxygen atoms in total. The Kier molecular flexibility index (Phi) is 8.40. The lowest BCUT2D eigenvalue weighted by molar-refractivity contribution is 0.190. The molecule has 1 fully saturated rings. The molecule has 1 aliphatic rings. The molecule has 0 radical (unpaired) electrons. The van der Waals surface area contributed by atoms with Gasteiger partial charge in [-0.15, -0.1) is 0 Å². The fourth-order valence-corrected chi connectivity index (χ4v) is 4.29. The first-order valence-electron chi connectivity index (χ1n) is 12.1. The summed E-state index contributed by atoms with van der Waals surface area (Å²) in [7, 11) is 0. The van der Waals surface area contributed by atoms with E-state index in [-0.39, 0.29) is 0 Å². The first-order valence-corrected chi connectivity index (χ1v) is 12.1. The summed E-state index contributed by atoms with van der Waals surface area (Å²) in [5, 5.41) is 3.75. The Balaban J connectivity index is 1.26. The van der Waals surface area contributed by atoms with E-state index < -0.39 is 0 Å². The van der Waals surface area contributed by atoms with Gasteiger partial charge in [-0.1, -0.05) is 66.2 Å². The summed E-state index contributed by atoms with van der Waals surface area (Å²) < 4.78 is 12.0. The van der Waals surface area contributed by atoms with Crippen LogP contribution in [0.5, 0.6) is 11.5 Å². The van der Waals surface area contributed by atoms with E-state index in [2.05, 4.69) is 83.9 Å². The third-order valence-corrected chi connectivity index (χ3v) is 6.25. The van der Waals surface area contributed by atoms with Gasteiger partial charge in [0.2, 0.25) is 0 Å². The predicted molar refractivity (Wildman–Crippen MR) is 135 cm³/mol. The maximum absolute atomic E-state index is 6.07. The number of piperidine rings is 1. The Bertz CT molecular complexity index is 980. The highest BCUT2D eigenvalue weighted by Gasteiger charge is 2.19. The highest BCUT2D eigenvalue weighted by Crippen LogP contribution is 2.29. The van der Waals surface area contributed by atoms with Crippen LogP contribution in [-0.4, -0.2) is 30.6 Å². The van der Waals surface area contributed by atoms with Crippen LogP contribution in [0.1, 0.15) is 42.0 Å². The van der Waals surface area contributed by atoms with Gasteiger partial charge in [0, 0.05) is 19.1 Å². The van der Waals surface area contributed by atoms with Crippen molar-refractivity contribution in [1.82, 2.24) is 10.2 Å². The summed E-state index contributed by atoms with van der Waals surface area (Å²) in [4.78, 5) is 2.56. The van der Waals surface area contributed by atoms with Gasteiger partial charge >= 0.3 is 0 Å². The Morgan fingerprint density at radius 3 is 2.27 bits per heavy atom. The molecule has 0 unspecified atom stereocenters. The van der Waals surface area contributed by atoms with Gasteiger partial charge in [0.1, 0.15) is 6.61 Å². The first kappa shape index (κ1) is 23.3. The fourth-order valence-electron chi connectivity index (χ4n) is 4.29. The zero-order chi connectivity index (χ0) is 22.9. The SMILES string of the molecule is CCOc1cc(CNC2CCN(Cc3ccccc3)CC2)ccc1OCc1ccc(C)cc1. The molecule has 0 saturated carbocycles. The van der Waals surface area contributed by atoms with E-state index in [0.717, 1.165) is 43.2 Å². The Morgan fingerprint density at radius 1 is 0.818 bits per heavy atom. The van der Waals surface area contributed by atoms with Crippen molar-refractivity contribution in [2.24, 2.45) is 0 Å². The summed E-state index contributed by atoms with van der Waals surface area (Å²) in [5.41, 5.74) is 5.05. The number of nitrogens with zero attached hydrogens (tertiary/aromatic N) is 1. The normalized spacial score (nSPS) is 14.8. The molecular weight excluding hydrogens is 408 g/mol. The minimum atomic E-state index is 0.541. The Labute approximate surface area is 198 Å². The lowest BCUT2D eigenvalue weighted by Crippen LogP contribution is -2.41. The van der Waals surface area contributed by atoms with E-state index in [1.807, 2.05) is 13.0 Å². The summed E-state index contributed by atoms with van der Waals surface area (Å²) in [6.45, 7) is 9.45. The molecule has 33 heavy (non-hydrogen) atoms. The van der Waals surface area contributed by atoms with E-state index in [9.17, 15) is 0 Å². The molecule has 3 aromatic rings. The zero-order valence-corrected chi connectivity index (χ0v) is 19.9. The molecule has 1 heterocycles. The number of hydrogen-bond acceptors (Lipinski definition) is 4. The minimum Gasteiger partial charge on any atom is -0.490 e. The zero-order valence-electron chi connectivity index (χ0n) is 19.9. The summed E-state index contributed by atoms with van der Waals surface area (Å²) in [5.74, 6) is 1.62. The molecule has 0 aromatic heterocycles. The van der Waals surface area contributed by atoms with Crippen LogP contribution in [0, 0.1) is 6.92 Å². The maximum atomic E-state index is 6.07. The molecule has 1 N–H and O–H groups in total. The van der Waals surface area contributed by atoms with Crippen LogP contribution in [0.25, 0.3) is 0 Å². The second kappa shape index (κ2) is 11.9. The van der Waals surface area contributed by atoms with Gasteiger partial charge in [-0.3, -0.25) is 4.90 Å². The standard InChI is InChI=1S/C29H36N2O2/c1-3-32-29-19-26(13-14-28(29)33-22-25-11-9-23(2)10-12-25)20-30-27-15-17-31(18-16-27)21-24-7-5-4-6-8-24/h4-14,19,27,30H,3,15-18,20-22H2,1-2H3. The quantitative estimate of drug-likeness (QED) is 0.433. The van der Waals surface area contributed by atoms with Crippen LogP contribution in [0.4, 0.5) is 0 Å². The monoisotopic (exact) mass is 444 g/mol. The number of hydrogen-bond donors (Lipinski definition) is 1. The molecule has 0 spiro atoms. The molecule has 3 aromatic carbocycles.